The molecule has 0 amide bonds. The van der Waals surface area contributed by atoms with Gasteiger partial charge in [0.15, 0.2) is 12.2 Å². The molecule has 1 aromatic carbocycles. The van der Waals surface area contributed by atoms with Gasteiger partial charge in [0.2, 0.25) is 0 Å². The van der Waals surface area contributed by atoms with E-state index in [1.165, 1.54) is 0 Å². The van der Waals surface area contributed by atoms with Crippen LogP contribution in [0.15, 0.2) is 30.3 Å². The van der Waals surface area contributed by atoms with Crippen molar-refractivity contribution in [2.24, 2.45) is 11.3 Å². The van der Waals surface area contributed by atoms with Gasteiger partial charge in [0.25, 0.3) is 0 Å². The maximum Gasteiger partial charge on any atom is 0.345 e. The highest BCUT2D eigenvalue weighted by Gasteiger charge is 2.31. The zero-order chi connectivity index (χ0) is 15.2. The average Bonchev–Trinajstić information content (AvgIpc) is 2.36. The first-order valence-electron chi connectivity index (χ1n) is 6.82. The Bertz CT molecular complexity index is 415. The lowest BCUT2D eigenvalue weighted by molar-refractivity contribution is -0.152. The van der Waals surface area contributed by atoms with Crippen molar-refractivity contribution in [2.45, 2.75) is 39.7 Å². The molecule has 0 fully saturated rings. The fourth-order valence-electron chi connectivity index (χ4n) is 2.11. The van der Waals surface area contributed by atoms with E-state index in [0.29, 0.717) is 11.7 Å². The minimum Gasteiger partial charge on any atom is -0.482 e. The summed E-state index contributed by atoms with van der Waals surface area (Å²) in [5.41, 5.74) is -0.922. The van der Waals surface area contributed by atoms with Crippen molar-refractivity contribution >= 4 is 17.6 Å². The maximum absolute atomic E-state index is 11.7. The Labute approximate surface area is 126 Å². The number of carbonyl (C=O) groups is 1. The third-order valence-corrected chi connectivity index (χ3v) is 3.56. The summed E-state index contributed by atoms with van der Waals surface area (Å²) in [5.74, 6) is 0.674. The Morgan fingerprint density at radius 1 is 1.25 bits per heavy atom. The number of halogens is 1. The van der Waals surface area contributed by atoms with Crippen LogP contribution in [0.1, 0.15) is 34.1 Å². The number of hydrogen-bond acceptors (Lipinski definition) is 3. The molecule has 0 aromatic heterocycles. The minimum atomic E-state index is -0.656. The summed E-state index contributed by atoms with van der Waals surface area (Å²) < 4.78 is 10.6. The lowest BCUT2D eigenvalue weighted by Gasteiger charge is -2.31. The summed E-state index contributed by atoms with van der Waals surface area (Å²) in [6.45, 7) is 8.09. The van der Waals surface area contributed by atoms with Crippen molar-refractivity contribution in [2.75, 3.05) is 6.61 Å². The molecule has 1 aromatic rings. The molecule has 4 heteroatoms. The van der Waals surface area contributed by atoms with Crippen molar-refractivity contribution in [1.82, 2.24) is 0 Å². The van der Waals surface area contributed by atoms with Crippen molar-refractivity contribution in [3.8, 4) is 5.75 Å². The number of esters is 1. The first-order chi connectivity index (χ1) is 9.31. The summed E-state index contributed by atoms with van der Waals surface area (Å²) in [6.07, 6.45) is 0.883. The van der Waals surface area contributed by atoms with Crippen LogP contribution in [0.4, 0.5) is 0 Å². The molecule has 0 aliphatic carbocycles. The van der Waals surface area contributed by atoms with Crippen molar-refractivity contribution in [3.63, 3.8) is 0 Å². The fourth-order valence-corrected chi connectivity index (χ4v) is 2.30. The Morgan fingerprint density at radius 2 is 1.85 bits per heavy atom. The third kappa shape index (κ3) is 5.83. The van der Waals surface area contributed by atoms with Crippen molar-refractivity contribution in [1.29, 1.82) is 0 Å². The topological polar surface area (TPSA) is 35.5 Å². The summed E-state index contributed by atoms with van der Waals surface area (Å²) in [6, 6.07) is 9.14. The third-order valence-electron chi connectivity index (χ3n) is 2.88. The first kappa shape index (κ1) is 16.8. The highest BCUT2D eigenvalue weighted by atomic mass is 35.5. The number of hydrogen-bond donors (Lipinski definition) is 0. The molecule has 1 unspecified atom stereocenters. The Kier molecular flexibility index (Phi) is 6.34. The van der Waals surface area contributed by atoms with Gasteiger partial charge in [0.1, 0.15) is 5.75 Å². The average molecular weight is 299 g/mol. The molecule has 0 saturated carbocycles. The van der Waals surface area contributed by atoms with E-state index < -0.39 is 11.5 Å². The number of rotatable bonds is 7. The van der Waals surface area contributed by atoms with Gasteiger partial charge in [-0.05, 0) is 24.5 Å². The van der Waals surface area contributed by atoms with E-state index >= 15 is 0 Å². The molecule has 0 spiro atoms. The molecule has 3 nitrogen and oxygen atoms in total. The molecular formula is C16H23ClO3. The zero-order valence-corrected chi connectivity index (χ0v) is 13.3. The number of para-hydroxylation sites is 1. The molecule has 0 N–H and O–H groups in total. The van der Waals surface area contributed by atoms with Gasteiger partial charge in [0, 0.05) is 5.41 Å². The monoisotopic (exact) mass is 298 g/mol. The standard InChI is InChI=1S/C16H23ClO3/c1-12(2)10-16(3,4)15(17)20-14(18)11-19-13-8-6-5-7-9-13/h5-9,12,15H,10-11H2,1-4H3. The number of alkyl halides is 1. The van der Waals surface area contributed by atoms with Crippen LogP contribution in [0.2, 0.25) is 0 Å². The second-order valence-electron chi connectivity index (χ2n) is 5.99. The quantitative estimate of drug-likeness (QED) is 0.558. The van der Waals surface area contributed by atoms with Crippen molar-refractivity contribution in [3.05, 3.63) is 30.3 Å². The fraction of sp³-hybridized carbons (Fsp3) is 0.562. The molecular weight excluding hydrogens is 276 g/mol. The zero-order valence-electron chi connectivity index (χ0n) is 12.6. The number of ether oxygens (including phenoxy) is 2. The van der Waals surface area contributed by atoms with Gasteiger partial charge in [0.05, 0.1) is 0 Å². The van der Waals surface area contributed by atoms with E-state index in [-0.39, 0.29) is 12.0 Å². The largest absolute Gasteiger partial charge is 0.482 e. The Hall–Kier alpha value is -1.22. The Balaban J connectivity index is 2.42. The van der Waals surface area contributed by atoms with Gasteiger partial charge in [-0.2, -0.15) is 0 Å². The van der Waals surface area contributed by atoms with Crippen LogP contribution < -0.4 is 4.74 Å². The van der Waals surface area contributed by atoms with Crippen LogP contribution in [0, 0.1) is 11.3 Å². The molecule has 0 radical (unpaired) electrons. The second-order valence-corrected chi connectivity index (χ2v) is 6.39. The van der Waals surface area contributed by atoms with Gasteiger partial charge in [-0.25, -0.2) is 4.79 Å². The molecule has 0 heterocycles. The molecule has 20 heavy (non-hydrogen) atoms. The number of benzene rings is 1. The highest BCUT2D eigenvalue weighted by Crippen LogP contribution is 2.33. The van der Waals surface area contributed by atoms with Crippen LogP contribution in [0.25, 0.3) is 0 Å². The van der Waals surface area contributed by atoms with E-state index in [1.54, 1.807) is 12.1 Å². The van der Waals surface area contributed by atoms with Gasteiger partial charge in [-0.3, -0.25) is 0 Å². The SMILES string of the molecule is CC(C)CC(C)(C)C(Cl)OC(=O)COc1ccccc1. The smallest absolute Gasteiger partial charge is 0.345 e. The lowest BCUT2D eigenvalue weighted by atomic mass is 9.84. The first-order valence-corrected chi connectivity index (χ1v) is 7.26. The van der Waals surface area contributed by atoms with Crippen LogP contribution in [-0.2, 0) is 9.53 Å². The van der Waals surface area contributed by atoms with Crippen LogP contribution in [0.5, 0.6) is 5.75 Å². The van der Waals surface area contributed by atoms with E-state index in [9.17, 15) is 4.79 Å². The molecule has 0 aliphatic heterocycles. The van der Waals surface area contributed by atoms with Crippen LogP contribution >= 0.6 is 11.6 Å². The van der Waals surface area contributed by atoms with Crippen molar-refractivity contribution < 1.29 is 14.3 Å². The molecule has 0 saturated heterocycles. The van der Waals surface area contributed by atoms with Crippen LogP contribution in [0.3, 0.4) is 0 Å². The van der Waals surface area contributed by atoms with E-state index in [1.807, 2.05) is 32.0 Å². The number of carbonyl (C=O) groups excluding carboxylic acids is 1. The van der Waals surface area contributed by atoms with Gasteiger partial charge < -0.3 is 9.47 Å². The van der Waals surface area contributed by atoms with E-state index in [4.69, 9.17) is 21.1 Å². The second kappa shape index (κ2) is 7.53. The summed E-state index contributed by atoms with van der Waals surface area (Å²) in [5, 5.41) is 0. The molecule has 1 atom stereocenters. The van der Waals surface area contributed by atoms with E-state index in [2.05, 4.69) is 13.8 Å². The Morgan fingerprint density at radius 3 is 2.40 bits per heavy atom. The minimum absolute atomic E-state index is 0.134. The highest BCUT2D eigenvalue weighted by molar-refractivity contribution is 6.20. The molecule has 0 aliphatic rings. The summed E-state index contributed by atoms with van der Waals surface area (Å²) in [7, 11) is 0. The van der Waals surface area contributed by atoms with Gasteiger partial charge in [-0.1, -0.05) is 57.5 Å². The molecule has 1 rings (SSSR count). The predicted octanol–water partition coefficient (Wildman–Crippen LogP) is 4.25. The predicted molar refractivity (Wildman–Crippen MR) is 80.9 cm³/mol. The lowest BCUT2D eigenvalue weighted by Crippen LogP contribution is -2.32. The van der Waals surface area contributed by atoms with Crippen LogP contribution in [-0.4, -0.2) is 18.1 Å². The summed E-state index contributed by atoms with van der Waals surface area (Å²) in [4.78, 5) is 11.7. The normalized spacial score (nSPS) is 13.1. The molecule has 0 bridgehead atoms. The maximum atomic E-state index is 11.7. The summed E-state index contributed by atoms with van der Waals surface area (Å²) >= 11 is 6.19. The van der Waals surface area contributed by atoms with Gasteiger partial charge >= 0.3 is 5.97 Å². The van der Waals surface area contributed by atoms with Gasteiger partial charge in [-0.15, -0.1) is 0 Å². The molecule has 112 valence electrons. The van der Waals surface area contributed by atoms with E-state index in [0.717, 1.165) is 6.42 Å².